The van der Waals surface area contributed by atoms with E-state index in [0.29, 0.717) is 16.7 Å². The van der Waals surface area contributed by atoms with Crippen LogP contribution in [0.25, 0.3) is 0 Å². The Kier molecular flexibility index (Phi) is 4.71. The minimum atomic E-state index is 0.277. The van der Waals surface area contributed by atoms with Gasteiger partial charge in [0, 0.05) is 30.6 Å². The molecule has 0 aliphatic heterocycles. The van der Waals surface area contributed by atoms with E-state index in [1.807, 2.05) is 12.1 Å². The molecule has 19 heavy (non-hydrogen) atoms. The van der Waals surface area contributed by atoms with Crippen molar-refractivity contribution in [3.63, 3.8) is 0 Å². The lowest BCUT2D eigenvalue weighted by Gasteiger charge is -2.12. The number of halogens is 1. The van der Waals surface area contributed by atoms with Crippen molar-refractivity contribution >= 4 is 11.6 Å². The molecule has 0 aliphatic rings. The van der Waals surface area contributed by atoms with Crippen molar-refractivity contribution in [1.82, 2.24) is 15.3 Å². The predicted octanol–water partition coefficient (Wildman–Crippen LogP) is 3.59. The third-order valence-electron chi connectivity index (χ3n) is 2.67. The van der Waals surface area contributed by atoms with Crippen LogP contribution in [0.15, 0.2) is 36.8 Å². The molecule has 1 N–H and O–H groups in total. The molecule has 0 saturated carbocycles. The fraction of sp³-hybridized carbons (Fsp3) is 0.286. The Morgan fingerprint density at radius 3 is 2.79 bits per heavy atom. The molecule has 100 valence electrons. The highest BCUT2D eigenvalue weighted by Crippen LogP contribution is 2.22. The molecule has 0 aromatic carbocycles. The van der Waals surface area contributed by atoms with Gasteiger partial charge in [-0.2, -0.15) is 0 Å². The number of ether oxygens (including phenoxy) is 1. The third kappa shape index (κ3) is 3.91. The van der Waals surface area contributed by atoms with E-state index in [4.69, 9.17) is 16.3 Å². The number of nitrogens with zero attached hydrogens (tertiary/aromatic N) is 2. The fourth-order valence-electron chi connectivity index (χ4n) is 1.70. The molecule has 0 fully saturated rings. The molecule has 0 amide bonds. The van der Waals surface area contributed by atoms with Gasteiger partial charge in [0.25, 0.3) is 0 Å². The van der Waals surface area contributed by atoms with Crippen LogP contribution in [-0.2, 0) is 0 Å². The first-order chi connectivity index (χ1) is 9.19. The Bertz CT molecular complexity index is 530. The van der Waals surface area contributed by atoms with Gasteiger partial charge in [0.1, 0.15) is 5.75 Å². The molecular formula is C14H16ClN3O. The van der Waals surface area contributed by atoms with Crippen LogP contribution in [0.1, 0.15) is 25.5 Å². The second-order valence-electron chi connectivity index (χ2n) is 4.15. The normalized spacial score (nSPS) is 12.2. The van der Waals surface area contributed by atoms with E-state index in [-0.39, 0.29) is 6.04 Å². The molecule has 4 nitrogen and oxygen atoms in total. The van der Waals surface area contributed by atoms with E-state index in [1.165, 1.54) is 0 Å². The lowest BCUT2D eigenvalue weighted by Crippen LogP contribution is -2.17. The predicted molar refractivity (Wildman–Crippen MR) is 75.6 cm³/mol. The molecule has 0 radical (unpaired) electrons. The van der Waals surface area contributed by atoms with E-state index in [2.05, 4.69) is 29.1 Å². The minimum absolute atomic E-state index is 0.277. The zero-order chi connectivity index (χ0) is 13.7. The Morgan fingerprint density at radius 1 is 1.32 bits per heavy atom. The van der Waals surface area contributed by atoms with E-state index >= 15 is 0 Å². The molecule has 2 heterocycles. The van der Waals surface area contributed by atoms with Crippen molar-refractivity contribution in [3.05, 3.63) is 47.4 Å². The van der Waals surface area contributed by atoms with Gasteiger partial charge in [0.15, 0.2) is 0 Å². The summed E-state index contributed by atoms with van der Waals surface area (Å²) in [5.74, 6) is 1.10. The van der Waals surface area contributed by atoms with Crippen molar-refractivity contribution in [3.8, 4) is 11.6 Å². The van der Waals surface area contributed by atoms with Gasteiger partial charge in [0.2, 0.25) is 5.88 Å². The number of hydrogen-bond donors (Lipinski definition) is 1. The van der Waals surface area contributed by atoms with Crippen LogP contribution in [-0.4, -0.2) is 16.5 Å². The van der Waals surface area contributed by atoms with Crippen molar-refractivity contribution in [2.45, 2.75) is 19.9 Å². The molecule has 0 spiro atoms. The molecule has 1 unspecified atom stereocenters. The van der Waals surface area contributed by atoms with Crippen molar-refractivity contribution < 1.29 is 4.74 Å². The van der Waals surface area contributed by atoms with Crippen molar-refractivity contribution in [2.75, 3.05) is 6.54 Å². The van der Waals surface area contributed by atoms with Crippen LogP contribution in [0, 0.1) is 0 Å². The van der Waals surface area contributed by atoms with Crippen LogP contribution in [0.4, 0.5) is 0 Å². The van der Waals surface area contributed by atoms with Gasteiger partial charge in [-0.05, 0) is 19.0 Å². The summed E-state index contributed by atoms with van der Waals surface area (Å²) in [6, 6.07) is 5.81. The largest absolute Gasteiger partial charge is 0.437 e. The monoisotopic (exact) mass is 277 g/mol. The maximum atomic E-state index is 5.84. The zero-order valence-electron chi connectivity index (χ0n) is 10.9. The third-order valence-corrected chi connectivity index (χ3v) is 2.88. The number of aromatic nitrogens is 2. The van der Waals surface area contributed by atoms with E-state index in [1.54, 1.807) is 24.7 Å². The van der Waals surface area contributed by atoms with E-state index in [0.717, 1.165) is 12.1 Å². The molecule has 0 aliphatic carbocycles. The first kappa shape index (κ1) is 13.8. The van der Waals surface area contributed by atoms with E-state index < -0.39 is 0 Å². The molecule has 1 atom stereocenters. The average Bonchev–Trinajstić information content (AvgIpc) is 2.40. The second kappa shape index (κ2) is 6.50. The number of nitrogens with one attached hydrogen (secondary N) is 1. The van der Waals surface area contributed by atoms with Gasteiger partial charge < -0.3 is 10.1 Å². The lowest BCUT2D eigenvalue weighted by atomic mass is 10.1. The highest BCUT2D eigenvalue weighted by atomic mass is 35.5. The Balaban J connectivity index is 2.06. The second-order valence-corrected chi connectivity index (χ2v) is 4.59. The number of pyridine rings is 2. The Morgan fingerprint density at radius 2 is 2.16 bits per heavy atom. The van der Waals surface area contributed by atoms with Crippen LogP contribution in [0.3, 0.4) is 0 Å². The molecule has 2 aromatic heterocycles. The summed E-state index contributed by atoms with van der Waals surface area (Å²) in [5.41, 5.74) is 1.12. The highest BCUT2D eigenvalue weighted by Gasteiger charge is 2.05. The smallest absolute Gasteiger partial charge is 0.219 e. The number of rotatable bonds is 5. The topological polar surface area (TPSA) is 47.0 Å². The molecule has 2 aromatic rings. The molecular weight excluding hydrogens is 262 g/mol. The van der Waals surface area contributed by atoms with E-state index in [9.17, 15) is 0 Å². The quantitative estimate of drug-likeness (QED) is 0.907. The Labute approximate surface area is 117 Å². The Hall–Kier alpha value is -1.65. The first-order valence-electron chi connectivity index (χ1n) is 6.16. The van der Waals surface area contributed by atoms with Gasteiger partial charge in [-0.3, -0.25) is 4.98 Å². The highest BCUT2D eigenvalue weighted by molar-refractivity contribution is 6.30. The summed E-state index contributed by atoms with van der Waals surface area (Å²) in [6.45, 7) is 5.10. The van der Waals surface area contributed by atoms with Gasteiger partial charge in [0.05, 0.1) is 11.2 Å². The lowest BCUT2D eigenvalue weighted by molar-refractivity contribution is 0.459. The standard InChI is InChI=1S/C14H16ClN3O/c1-3-17-10(2)11-4-5-14(18-7-11)19-13-6-12(15)8-16-9-13/h4-10,17H,3H2,1-2H3. The summed E-state index contributed by atoms with van der Waals surface area (Å²) in [7, 11) is 0. The molecule has 0 bridgehead atoms. The maximum absolute atomic E-state index is 5.84. The SMILES string of the molecule is CCNC(C)c1ccc(Oc2cncc(Cl)c2)nc1. The van der Waals surface area contributed by atoms with Gasteiger partial charge >= 0.3 is 0 Å². The summed E-state index contributed by atoms with van der Waals surface area (Å²) in [5, 5.41) is 3.87. The van der Waals surface area contributed by atoms with Gasteiger partial charge in [-0.25, -0.2) is 4.98 Å². The molecule has 5 heteroatoms. The first-order valence-corrected chi connectivity index (χ1v) is 6.54. The van der Waals surface area contributed by atoms with Gasteiger partial charge in [-0.1, -0.05) is 24.6 Å². The fourth-order valence-corrected chi connectivity index (χ4v) is 1.87. The summed E-state index contributed by atoms with van der Waals surface area (Å²) in [4.78, 5) is 8.23. The van der Waals surface area contributed by atoms with Crippen LogP contribution in [0.5, 0.6) is 11.6 Å². The summed E-state index contributed by atoms with van der Waals surface area (Å²) in [6.07, 6.45) is 4.96. The maximum Gasteiger partial charge on any atom is 0.219 e. The molecule has 0 saturated heterocycles. The van der Waals surface area contributed by atoms with Crippen LogP contribution >= 0.6 is 11.6 Å². The zero-order valence-corrected chi connectivity index (χ0v) is 11.7. The number of hydrogen-bond acceptors (Lipinski definition) is 4. The van der Waals surface area contributed by atoms with Crippen molar-refractivity contribution in [1.29, 1.82) is 0 Å². The van der Waals surface area contributed by atoms with Crippen LogP contribution in [0.2, 0.25) is 5.02 Å². The van der Waals surface area contributed by atoms with Crippen LogP contribution < -0.4 is 10.1 Å². The van der Waals surface area contributed by atoms with Gasteiger partial charge in [-0.15, -0.1) is 0 Å². The minimum Gasteiger partial charge on any atom is -0.437 e. The van der Waals surface area contributed by atoms with Crippen molar-refractivity contribution in [2.24, 2.45) is 0 Å². The molecule has 2 rings (SSSR count). The summed E-state index contributed by atoms with van der Waals surface area (Å²) < 4.78 is 5.58. The average molecular weight is 278 g/mol. The summed E-state index contributed by atoms with van der Waals surface area (Å²) >= 11 is 5.84.